The van der Waals surface area contributed by atoms with Crippen molar-refractivity contribution < 1.29 is 18.3 Å². The molecule has 8 nitrogen and oxygen atoms in total. The molecule has 0 atom stereocenters. The minimum absolute atomic E-state index is 0.280. The van der Waals surface area contributed by atoms with Gasteiger partial charge in [0.1, 0.15) is 11.3 Å². The summed E-state index contributed by atoms with van der Waals surface area (Å²) < 4.78 is 24.5. The summed E-state index contributed by atoms with van der Waals surface area (Å²) in [5, 5.41) is 11.2. The van der Waals surface area contributed by atoms with Crippen LogP contribution in [-0.4, -0.2) is 61.3 Å². The van der Waals surface area contributed by atoms with Crippen LogP contribution >= 0.6 is 11.6 Å². The van der Waals surface area contributed by atoms with E-state index in [4.69, 9.17) is 11.6 Å². The van der Waals surface area contributed by atoms with E-state index in [1.165, 1.54) is 34.3 Å². The van der Waals surface area contributed by atoms with E-state index in [9.17, 15) is 23.1 Å². The van der Waals surface area contributed by atoms with Crippen molar-refractivity contribution in [1.29, 1.82) is 0 Å². The van der Waals surface area contributed by atoms with Gasteiger partial charge in [-0.15, -0.1) is 0 Å². The molecule has 0 saturated carbocycles. The van der Waals surface area contributed by atoms with Gasteiger partial charge >= 0.3 is 0 Å². The van der Waals surface area contributed by atoms with Crippen molar-refractivity contribution in [2.45, 2.75) is 43.9 Å². The Kier molecular flexibility index (Phi) is 10.9. The highest BCUT2D eigenvalue weighted by atomic mass is 35.5. The Labute approximate surface area is 264 Å². The number of sulfone groups is 1. The number of rotatable bonds is 7. The van der Waals surface area contributed by atoms with E-state index in [2.05, 4.69) is 17.9 Å². The topological polar surface area (TPSA) is 99.9 Å². The van der Waals surface area contributed by atoms with Gasteiger partial charge in [-0.25, -0.2) is 8.42 Å². The quantitative estimate of drug-likeness (QED) is 0.257. The van der Waals surface area contributed by atoms with Crippen molar-refractivity contribution in [3.8, 4) is 5.75 Å². The highest BCUT2D eigenvalue weighted by molar-refractivity contribution is 7.90. The molecule has 234 valence electrons. The zero-order chi connectivity index (χ0) is 32.0. The molecule has 1 fully saturated rings. The minimum atomic E-state index is -3.09. The lowest BCUT2D eigenvalue weighted by Crippen LogP contribution is -2.36. The molecule has 1 amide bonds. The Balaban J connectivity index is 0.000000209. The van der Waals surface area contributed by atoms with E-state index in [1.807, 2.05) is 18.2 Å². The van der Waals surface area contributed by atoms with Crippen molar-refractivity contribution in [1.82, 2.24) is 9.47 Å². The summed E-state index contributed by atoms with van der Waals surface area (Å²) in [5.74, 6) is -0.438. The van der Waals surface area contributed by atoms with Crippen LogP contribution in [0.4, 0.5) is 5.69 Å². The molecule has 0 spiro atoms. The van der Waals surface area contributed by atoms with Gasteiger partial charge < -0.3 is 19.5 Å². The molecule has 4 aromatic rings. The Morgan fingerprint density at radius 3 is 2.27 bits per heavy atom. The number of pyridine rings is 1. The van der Waals surface area contributed by atoms with Crippen molar-refractivity contribution >= 4 is 43.9 Å². The van der Waals surface area contributed by atoms with E-state index >= 15 is 0 Å². The minimum Gasteiger partial charge on any atom is -0.506 e. The molecular formula is C34H40ClN3O5S. The average Bonchev–Trinajstić information content (AvgIpc) is 3.01. The third-order valence-electron chi connectivity index (χ3n) is 8.07. The van der Waals surface area contributed by atoms with Crippen LogP contribution in [-0.2, 0) is 16.9 Å². The highest BCUT2D eigenvalue weighted by Crippen LogP contribution is 2.33. The largest absolute Gasteiger partial charge is 0.506 e. The SMILES string of the molecule is CCCN1CCC(c2cccc(S(C)(=O)=O)c2)CC1.CCN(C(=O)c1c(O)c2c(Cl)cccc2n(C)c1=O)c1ccccc1. The van der Waals surface area contributed by atoms with Gasteiger partial charge in [-0.05, 0) is 93.7 Å². The molecule has 3 aromatic carbocycles. The van der Waals surface area contributed by atoms with E-state index in [0.717, 1.165) is 25.9 Å². The van der Waals surface area contributed by atoms with Gasteiger partial charge in [0, 0.05) is 25.5 Å². The summed E-state index contributed by atoms with van der Waals surface area (Å²) in [4.78, 5) is 30.1. The second kappa shape index (κ2) is 14.4. The molecule has 1 N–H and O–H groups in total. The fraction of sp³-hybridized carbons (Fsp3) is 0.353. The summed E-state index contributed by atoms with van der Waals surface area (Å²) in [7, 11) is -1.54. The Hall–Kier alpha value is -3.66. The van der Waals surface area contributed by atoms with Gasteiger partial charge in [0.25, 0.3) is 11.5 Å². The standard InChI is InChI=1S/C19H17ClN2O3.C15H23NO2S/c1-3-22(12-8-5-4-6-9-12)19(25)16-17(23)15-13(20)10-7-11-14(15)21(2)18(16)24;1-3-9-16-10-7-13(8-11-16)14-5-4-6-15(12-14)19(2,17)18/h4-11,23H,3H2,1-2H3;4-6,12-13H,3,7-11H2,1-2H3. The van der Waals surface area contributed by atoms with Crippen molar-refractivity contribution in [3.63, 3.8) is 0 Å². The maximum Gasteiger partial charge on any atom is 0.267 e. The Morgan fingerprint density at radius 1 is 1.00 bits per heavy atom. The number of carbonyl (C=O) groups is 1. The van der Waals surface area contributed by atoms with Gasteiger partial charge in [-0.1, -0.05) is 54.9 Å². The van der Waals surface area contributed by atoms with Crippen LogP contribution in [0.1, 0.15) is 54.9 Å². The third-order valence-corrected chi connectivity index (χ3v) is 9.50. The average molecular weight is 638 g/mol. The van der Waals surface area contributed by atoms with Crippen LogP contribution in [0.25, 0.3) is 10.9 Å². The number of piperidine rings is 1. The predicted octanol–water partition coefficient (Wildman–Crippen LogP) is 6.24. The highest BCUT2D eigenvalue weighted by Gasteiger charge is 2.27. The van der Waals surface area contributed by atoms with Crippen LogP contribution in [0.5, 0.6) is 5.75 Å². The zero-order valence-electron chi connectivity index (χ0n) is 25.7. The van der Waals surface area contributed by atoms with Crippen LogP contribution in [0.15, 0.2) is 82.5 Å². The van der Waals surface area contributed by atoms with Crippen LogP contribution in [0, 0.1) is 0 Å². The number of aromatic hydroxyl groups is 1. The second-order valence-corrected chi connectivity index (χ2v) is 13.5. The summed E-state index contributed by atoms with van der Waals surface area (Å²) in [6.07, 6.45) is 4.74. The number of benzene rings is 3. The number of para-hydroxylation sites is 1. The molecule has 0 radical (unpaired) electrons. The van der Waals surface area contributed by atoms with Crippen molar-refractivity contribution in [2.24, 2.45) is 7.05 Å². The summed E-state index contributed by atoms with van der Waals surface area (Å²) in [6, 6.07) is 21.4. The number of anilines is 1. The van der Waals surface area contributed by atoms with Crippen LogP contribution < -0.4 is 10.5 Å². The first-order chi connectivity index (χ1) is 21.0. The fourth-order valence-corrected chi connectivity index (χ4v) is 6.65. The first-order valence-electron chi connectivity index (χ1n) is 14.9. The number of halogens is 1. The van der Waals surface area contributed by atoms with Crippen LogP contribution in [0.2, 0.25) is 5.02 Å². The van der Waals surface area contributed by atoms with Crippen molar-refractivity contribution in [2.75, 3.05) is 37.3 Å². The monoisotopic (exact) mass is 637 g/mol. The zero-order valence-corrected chi connectivity index (χ0v) is 27.2. The molecule has 1 aromatic heterocycles. The summed E-state index contributed by atoms with van der Waals surface area (Å²) in [6.45, 7) is 7.80. The molecule has 10 heteroatoms. The number of amides is 1. The number of carbonyl (C=O) groups excluding carboxylic acids is 1. The maximum atomic E-state index is 13.0. The number of aryl methyl sites for hydroxylation is 1. The number of fused-ring (bicyclic) bond motifs is 1. The number of aromatic nitrogens is 1. The molecule has 0 unspecified atom stereocenters. The number of likely N-dealkylation sites (tertiary alicyclic amines) is 1. The second-order valence-electron chi connectivity index (χ2n) is 11.1. The molecule has 44 heavy (non-hydrogen) atoms. The lowest BCUT2D eigenvalue weighted by atomic mass is 9.89. The van der Waals surface area contributed by atoms with Gasteiger partial charge in [0.15, 0.2) is 9.84 Å². The van der Waals surface area contributed by atoms with E-state index in [0.29, 0.717) is 33.9 Å². The first-order valence-corrected chi connectivity index (χ1v) is 17.1. The molecule has 0 aliphatic carbocycles. The number of nitrogens with zero attached hydrogens (tertiary/aromatic N) is 3. The lowest BCUT2D eigenvalue weighted by Gasteiger charge is -2.32. The van der Waals surface area contributed by atoms with E-state index in [1.54, 1.807) is 62.5 Å². The maximum absolute atomic E-state index is 13.0. The molecular weight excluding hydrogens is 598 g/mol. The fourth-order valence-electron chi connectivity index (χ4n) is 5.71. The lowest BCUT2D eigenvalue weighted by molar-refractivity contribution is 0.0984. The van der Waals surface area contributed by atoms with Gasteiger partial charge in [0.05, 0.1) is 20.8 Å². The molecule has 5 rings (SSSR count). The molecule has 1 aliphatic rings. The van der Waals surface area contributed by atoms with E-state index in [-0.39, 0.29) is 16.3 Å². The molecule has 0 bridgehead atoms. The Bertz CT molecular complexity index is 1780. The third kappa shape index (κ3) is 7.34. The summed E-state index contributed by atoms with van der Waals surface area (Å²) in [5.41, 5.74) is 1.45. The molecule has 2 heterocycles. The number of hydrogen-bond donors (Lipinski definition) is 1. The van der Waals surface area contributed by atoms with Crippen molar-refractivity contribution in [3.05, 3.63) is 99.3 Å². The van der Waals surface area contributed by atoms with Gasteiger partial charge in [-0.3, -0.25) is 9.59 Å². The summed E-state index contributed by atoms with van der Waals surface area (Å²) >= 11 is 6.19. The van der Waals surface area contributed by atoms with Gasteiger partial charge in [0.2, 0.25) is 0 Å². The first kappa shape index (κ1) is 33.2. The van der Waals surface area contributed by atoms with Gasteiger partial charge in [-0.2, -0.15) is 0 Å². The predicted molar refractivity (Wildman–Crippen MR) is 178 cm³/mol. The van der Waals surface area contributed by atoms with Crippen LogP contribution in [0.3, 0.4) is 0 Å². The molecule has 1 aliphatic heterocycles. The van der Waals surface area contributed by atoms with E-state index < -0.39 is 21.3 Å². The Morgan fingerprint density at radius 2 is 1.66 bits per heavy atom. The normalized spacial score (nSPS) is 14.2. The smallest absolute Gasteiger partial charge is 0.267 e. The molecule has 1 saturated heterocycles. The number of hydrogen-bond acceptors (Lipinski definition) is 6.